The van der Waals surface area contributed by atoms with E-state index in [4.69, 9.17) is 26.4 Å². The van der Waals surface area contributed by atoms with E-state index in [1.807, 2.05) is 0 Å². The first kappa shape index (κ1) is 26.4. The van der Waals surface area contributed by atoms with Crippen molar-refractivity contribution in [2.45, 2.75) is 26.8 Å². The molecule has 0 spiro atoms. The molecular formula is C25H26N4O6S. The number of hydrazone groups is 1. The van der Waals surface area contributed by atoms with Crippen LogP contribution in [0.3, 0.4) is 0 Å². The summed E-state index contributed by atoms with van der Waals surface area (Å²) in [6.45, 7) is 4.67. The van der Waals surface area contributed by atoms with E-state index >= 15 is 0 Å². The molecule has 0 aromatic heterocycles. The first-order valence-corrected chi connectivity index (χ1v) is 11.5. The highest BCUT2D eigenvalue weighted by Crippen LogP contribution is 2.33. The van der Waals surface area contributed by atoms with Crippen molar-refractivity contribution in [3.63, 3.8) is 0 Å². The van der Waals surface area contributed by atoms with Crippen LogP contribution in [-0.4, -0.2) is 42.4 Å². The Morgan fingerprint density at radius 1 is 1.17 bits per heavy atom. The maximum absolute atomic E-state index is 12.6. The monoisotopic (exact) mass is 510 g/mol. The van der Waals surface area contributed by atoms with Crippen molar-refractivity contribution in [2.75, 3.05) is 13.2 Å². The van der Waals surface area contributed by atoms with Gasteiger partial charge >= 0.3 is 11.9 Å². The van der Waals surface area contributed by atoms with Crippen LogP contribution in [0.2, 0.25) is 0 Å². The molecule has 1 heterocycles. The molecule has 3 rings (SSSR count). The smallest absolute Gasteiger partial charge is 0.338 e. The van der Waals surface area contributed by atoms with Crippen molar-refractivity contribution < 1.29 is 28.6 Å². The van der Waals surface area contributed by atoms with Gasteiger partial charge in [0.05, 0.1) is 24.4 Å². The zero-order chi connectivity index (χ0) is 26.1. The quantitative estimate of drug-likeness (QED) is 0.153. The van der Waals surface area contributed by atoms with Crippen LogP contribution in [0.4, 0.5) is 0 Å². The van der Waals surface area contributed by atoms with E-state index in [2.05, 4.69) is 21.2 Å². The number of hydrogen-bond donors (Lipinski definition) is 3. The summed E-state index contributed by atoms with van der Waals surface area (Å²) in [5.74, 6) is -0.653. The van der Waals surface area contributed by atoms with Crippen molar-refractivity contribution in [2.24, 2.45) is 5.10 Å². The van der Waals surface area contributed by atoms with Crippen molar-refractivity contribution >= 4 is 41.4 Å². The Morgan fingerprint density at radius 2 is 1.94 bits per heavy atom. The van der Waals surface area contributed by atoms with Gasteiger partial charge in [-0.15, -0.1) is 0 Å². The van der Waals surface area contributed by atoms with Gasteiger partial charge < -0.3 is 24.8 Å². The van der Waals surface area contributed by atoms with Gasteiger partial charge in [0, 0.05) is 18.2 Å². The van der Waals surface area contributed by atoms with Crippen LogP contribution in [0.15, 0.2) is 64.9 Å². The van der Waals surface area contributed by atoms with E-state index in [9.17, 15) is 14.4 Å². The molecule has 1 aliphatic rings. The summed E-state index contributed by atoms with van der Waals surface area (Å²) in [6, 6.07) is 13.1. The second-order valence-corrected chi connectivity index (χ2v) is 7.98. The molecule has 0 bridgehead atoms. The molecule has 1 amide bonds. The molecule has 36 heavy (non-hydrogen) atoms. The molecular weight excluding hydrogens is 484 g/mol. The number of esters is 2. The summed E-state index contributed by atoms with van der Waals surface area (Å²) < 4.78 is 16.0. The molecule has 0 saturated heterocycles. The van der Waals surface area contributed by atoms with Crippen molar-refractivity contribution in [3.8, 4) is 11.5 Å². The number of rotatable bonds is 9. The first-order chi connectivity index (χ1) is 17.3. The van der Waals surface area contributed by atoms with E-state index < -0.39 is 23.9 Å². The second-order valence-electron chi connectivity index (χ2n) is 7.58. The fourth-order valence-corrected chi connectivity index (χ4v) is 3.71. The van der Waals surface area contributed by atoms with Gasteiger partial charge in [0.2, 0.25) is 0 Å². The highest BCUT2D eigenvalue weighted by molar-refractivity contribution is 7.80. The number of thiocarbonyl (C=S) groups is 1. The molecule has 188 valence electrons. The van der Waals surface area contributed by atoms with Gasteiger partial charge in [-0.3, -0.25) is 9.59 Å². The lowest BCUT2D eigenvalue weighted by Gasteiger charge is -2.30. The zero-order valence-corrected chi connectivity index (χ0v) is 20.8. The molecule has 0 unspecified atom stereocenters. The lowest BCUT2D eigenvalue weighted by molar-refractivity contribution is -0.139. The van der Waals surface area contributed by atoms with Crippen molar-refractivity contribution in [1.29, 1.82) is 0 Å². The Labute approximate surface area is 213 Å². The van der Waals surface area contributed by atoms with Gasteiger partial charge in [0.1, 0.15) is 11.5 Å². The molecule has 10 nitrogen and oxygen atoms in total. The molecule has 0 radical (unpaired) electrons. The summed E-state index contributed by atoms with van der Waals surface area (Å²) in [5.41, 5.74) is 4.56. The predicted octanol–water partition coefficient (Wildman–Crippen LogP) is 2.50. The number of hydrogen-bond acceptors (Lipinski definition) is 8. The molecule has 2 aromatic carbocycles. The number of carbonyl (C=O) groups excluding carboxylic acids is 3. The second kappa shape index (κ2) is 12.5. The number of para-hydroxylation sites is 1. The molecule has 0 aliphatic carbocycles. The largest absolute Gasteiger partial charge is 0.483 e. The summed E-state index contributed by atoms with van der Waals surface area (Å²) in [6.07, 6.45) is 1.41. The number of benzene rings is 2. The molecule has 2 aromatic rings. The average molecular weight is 511 g/mol. The summed E-state index contributed by atoms with van der Waals surface area (Å²) >= 11 is 5.28. The lowest BCUT2D eigenvalue weighted by Crippen LogP contribution is -2.45. The average Bonchev–Trinajstić information content (AvgIpc) is 2.82. The molecule has 3 N–H and O–H groups in total. The van der Waals surface area contributed by atoms with Crippen LogP contribution in [0, 0.1) is 0 Å². The van der Waals surface area contributed by atoms with Crippen LogP contribution in [0.25, 0.3) is 0 Å². The highest BCUT2D eigenvalue weighted by atomic mass is 32.1. The molecule has 11 heteroatoms. The van der Waals surface area contributed by atoms with Crippen LogP contribution in [0.5, 0.6) is 11.5 Å². The van der Waals surface area contributed by atoms with Gasteiger partial charge in [-0.1, -0.05) is 30.3 Å². The predicted molar refractivity (Wildman–Crippen MR) is 136 cm³/mol. The lowest BCUT2D eigenvalue weighted by atomic mass is 9.95. The van der Waals surface area contributed by atoms with E-state index in [1.54, 1.807) is 62.4 Å². The van der Waals surface area contributed by atoms with Gasteiger partial charge in [-0.25, -0.2) is 10.2 Å². The fraction of sp³-hybridized carbons (Fsp3) is 0.240. The molecule has 1 aliphatic heterocycles. The number of allylic oxidation sites excluding steroid dienone is 1. The Bertz CT molecular complexity index is 1230. The van der Waals surface area contributed by atoms with Crippen molar-refractivity contribution in [1.82, 2.24) is 16.1 Å². The summed E-state index contributed by atoms with van der Waals surface area (Å²) in [7, 11) is 0. The fourth-order valence-electron chi connectivity index (χ4n) is 3.44. The van der Waals surface area contributed by atoms with Gasteiger partial charge in [0.15, 0.2) is 11.7 Å². The number of amides is 1. The third-order valence-electron chi connectivity index (χ3n) is 4.88. The minimum Gasteiger partial charge on any atom is -0.483 e. The van der Waals surface area contributed by atoms with E-state index in [0.717, 1.165) is 0 Å². The third kappa shape index (κ3) is 7.12. The van der Waals surface area contributed by atoms with Crippen LogP contribution in [0.1, 0.15) is 37.9 Å². The Kier molecular flexibility index (Phi) is 9.12. The summed E-state index contributed by atoms with van der Waals surface area (Å²) in [4.78, 5) is 36.0. The maximum atomic E-state index is 12.6. The first-order valence-electron chi connectivity index (χ1n) is 11.1. The van der Waals surface area contributed by atoms with Gasteiger partial charge in [-0.05, 0) is 49.8 Å². The zero-order valence-electron chi connectivity index (χ0n) is 20.0. The number of nitrogens with zero attached hydrogens (tertiary/aromatic N) is 1. The van der Waals surface area contributed by atoms with Crippen LogP contribution < -0.4 is 25.5 Å². The standard InChI is InChI=1S/C25H26N4O6S/c1-4-33-24(32)22-15(2)27-25(36)28-23(22)19-10-5-6-11-20(19)34-14-21(31)29-26-13-17-8-7-9-18(12-17)35-16(3)30/h5-13,23H,4,14H2,1-3H3,(H,29,31)(H2,27,28,36)/t23-/m0/s1. The minimum absolute atomic E-state index is 0.222. The number of carbonyl (C=O) groups is 3. The van der Waals surface area contributed by atoms with Crippen LogP contribution >= 0.6 is 12.2 Å². The highest BCUT2D eigenvalue weighted by Gasteiger charge is 2.32. The minimum atomic E-state index is -0.625. The van der Waals surface area contributed by atoms with Crippen molar-refractivity contribution in [3.05, 3.63) is 70.9 Å². The molecule has 1 atom stereocenters. The summed E-state index contributed by atoms with van der Waals surface area (Å²) in [5, 5.41) is 10.3. The third-order valence-corrected chi connectivity index (χ3v) is 5.10. The Balaban J connectivity index is 1.68. The normalized spacial score (nSPS) is 15.1. The SMILES string of the molecule is CCOC(=O)C1=C(C)NC(=S)N[C@H]1c1ccccc1OCC(=O)NN=Cc1cccc(OC(C)=O)c1. The van der Waals surface area contributed by atoms with Crippen LogP contribution in [-0.2, 0) is 19.1 Å². The number of nitrogens with one attached hydrogen (secondary N) is 3. The van der Waals surface area contributed by atoms with Gasteiger partial charge in [0.25, 0.3) is 5.91 Å². The van der Waals surface area contributed by atoms with E-state index in [1.165, 1.54) is 13.1 Å². The molecule has 0 saturated carbocycles. The van der Waals surface area contributed by atoms with E-state index in [-0.39, 0.29) is 13.2 Å². The Hall–Kier alpha value is -4.25. The van der Waals surface area contributed by atoms with E-state index in [0.29, 0.717) is 39.0 Å². The molecule has 0 fully saturated rings. The number of ether oxygens (including phenoxy) is 3. The topological polar surface area (TPSA) is 127 Å². The maximum Gasteiger partial charge on any atom is 0.338 e. The Morgan fingerprint density at radius 3 is 2.69 bits per heavy atom. The van der Waals surface area contributed by atoms with Gasteiger partial charge in [-0.2, -0.15) is 5.10 Å².